The maximum Gasteiger partial charge on any atom is 0.263 e. The Balaban J connectivity index is 2.27. The van der Waals surface area contributed by atoms with Gasteiger partial charge in [-0.05, 0) is 31.2 Å². The van der Waals surface area contributed by atoms with Crippen LogP contribution in [-0.2, 0) is 10.0 Å². The van der Waals surface area contributed by atoms with Gasteiger partial charge in [0, 0.05) is 18.8 Å². The quantitative estimate of drug-likeness (QED) is 0.890. The molecule has 0 saturated heterocycles. The summed E-state index contributed by atoms with van der Waals surface area (Å²) in [6, 6.07) is 5.33. The molecule has 0 radical (unpaired) electrons. The van der Waals surface area contributed by atoms with Crippen LogP contribution in [0.5, 0.6) is 0 Å². The van der Waals surface area contributed by atoms with E-state index in [-0.39, 0.29) is 4.90 Å². The van der Waals surface area contributed by atoms with E-state index in [2.05, 4.69) is 10.3 Å². The molecule has 0 amide bonds. The van der Waals surface area contributed by atoms with Crippen LogP contribution in [0.4, 0.5) is 20.3 Å². The van der Waals surface area contributed by atoms with E-state index >= 15 is 0 Å². The molecule has 0 atom stereocenters. The number of nitrogens with one attached hydrogen (secondary N) is 2. The Bertz CT molecular complexity index is 734. The molecule has 21 heavy (non-hydrogen) atoms. The van der Waals surface area contributed by atoms with E-state index in [0.29, 0.717) is 12.4 Å². The lowest BCUT2D eigenvalue weighted by molar-refractivity contribution is 0.594. The Hall–Kier alpha value is -2.22. The molecule has 1 aromatic carbocycles. The molecule has 1 heterocycles. The van der Waals surface area contributed by atoms with Crippen molar-refractivity contribution in [3.8, 4) is 0 Å². The summed E-state index contributed by atoms with van der Waals surface area (Å²) >= 11 is 0. The van der Waals surface area contributed by atoms with Crippen LogP contribution in [0.25, 0.3) is 0 Å². The standard InChI is InChI=1S/C13H13F2N3O2S/c1-2-16-13-6-4-10(8-17-13)21(19,20)18-12-7-9(14)3-5-11(12)15/h3-8,18H,2H2,1H3,(H,16,17). The van der Waals surface area contributed by atoms with Crippen LogP contribution in [0, 0.1) is 11.6 Å². The zero-order valence-electron chi connectivity index (χ0n) is 11.1. The van der Waals surface area contributed by atoms with Gasteiger partial charge in [-0.15, -0.1) is 0 Å². The molecular weight excluding hydrogens is 300 g/mol. The van der Waals surface area contributed by atoms with Crippen LogP contribution in [0.2, 0.25) is 0 Å². The fourth-order valence-electron chi connectivity index (χ4n) is 1.60. The van der Waals surface area contributed by atoms with Gasteiger partial charge >= 0.3 is 0 Å². The number of halogens is 2. The first-order chi connectivity index (χ1) is 9.92. The number of sulfonamides is 1. The second-order valence-electron chi connectivity index (χ2n) is 4.14. The van der Waals surface area contributed by atoms with Crippen molar-refractivity contribution >= 4 is 21.5 Å². The molecule has 0 saturated carbocycles. The van der Waals surface area contributed by atoms with E-state index < -0.39 is 27.3 Å². The third-order valence-corrected chi connectivity index (χ3v) is 3.93. The minimum absolute atomic E-state index is 0.146. The first kappa shape index (κ1) is 15.2. The SMILES string of the molecule is CCNc1ccc(S(=O)(=O)Nc2cc(F)ccc2F)cn1. The van der Waals surface area contributed by atoms with Crippen molar-refractivity contribution in [1.29, 1.82) is 0 Å². The monoisotopic (exact) mass is 313 g/mol. The molecule has 112 valence electrons. The summed E-state index contributed by atoms with van der Waals surface area (Å²) < 4.78 is 52.6. The predicted molar refractivity (Wildman–Crippen MR) is 75.6 cm³/mol. The average Bonchev–Trinajstić information content (AvgIpc) is 2.44. The molecule has 0 unspecified atom stereocenters. The summed E-state index contributed by atoms with van der Waals surface area (Å²) in [7, 11) is -4.03. The Labute approximate surface area is 121 Å². The second kappa shape index (κ2) is 6.04. The summed E-state index contributed by atoms with van der Waals surface area (Å²) in [6.45, 7) is 2.52. The molecule has 0 aliphatic carbocycles. The van der Waals surface area contributed by atoms with Crippen molar-refractivity contribution in [2.75, 3.05) is 16.6 Å². The highest BCUT2D eigenvalue weighted by Crippen LogP contribution is 2.20. The number of hydrogen-bond donors (Lipinski definition) is 2. The van der Waals surface area contributed by atoms with Gasteiger partial charge < -0.3 is 5.32 Å². The minimum Gasteiger partial charge on any atom is -0.370 e. The van der Waals surface area contributed by atoms with Crippen LogP contribution in [0.1, 0.15) is 6.92 Å². The zero-order valence-corrected chi connectivity index (χ0v) is 11.9. The average molecular weight is 313 g/mol. The maximum atomic E-state index is 13.5. The van der Waals surface area contributed by atoms with Gasteiger partial charge in [0.05, 0.1) is 5.69 Å². The number of nitrogens with zero attached hydrogens (tertiary/aromatic N) is 1. The molecule has 2 rings (SSSR count). The van der Waals surface area contributed by atoms with Gasteiger partial charge in [-0.1, -0.05) is 0 Å². The minimum atomic E-state index is -4.03. The van der Waals surface area contributed by atoms with E-state index in [0.717, 1.165) is 24.4 Å². The molecule has 0 spiro atoms. The number of benzene rings is 1. The van der Waals surface area contributed by atoms with Crippen LogP contribution in [-0.4, -0.2) is 19.9 Å². The maximum absolute atomic E-state index is 13.5. The normalized spacial score (nSPS) is 11.2. The second-order valence-corrected chi connectivity index (χ2v) is 5.82. The lowest BCUT2D eigenvalue weighted by atomic mass is 10.3. The van der Waals surface area contributed by atoms with Gasteiger partial charge in [0.2, 0.25) is 0 Å². The third kappa shape index (κ3) is 3.66. The van der Waals surface area contributed by atoms with Crippen LogP contribution < -0.4 is 10.0 Å². The highest BCUT2D eigenvalue weighted by molar-refractivity contribution is 7.92. The Morgan fingerprint density at radius 2 is 1.95 bits per heavy atom. The Morgan fingerprint density at radius 3 is 2.57 bits per heavy atom. The van der Waals surface area contributed by atoms with Crippen LogP contribution >= 0.6 is 0 Å². The molecule has 5 nitrogen and oxygen atoms in total. The van der Waals surface area contributed by atoms with E-state index in [1.54, 1.807) is 0 Å². The molecular formula is C13H13F2N3O2S. The fourth-order valence-corrected chi connectivity index (χ4v) is 2.61. The van der Waals surface area contributed by atoms with E-state index in [4.69, 9.17) is 0 Å². The van der Waals surface area contributed by atoms with E-state index in [1.807, 2.05) is 11.6 Å². The van der Waals surface area contributed by atoms with Gasteiger partial charge in [-0.2, -0.15) is 0 Å². The Morgan fingerprint density at radius 1 is 1.19 bits per heavy atom. The van der Waals surface area contributed by atoms with E-state index in [1.165, 1.54) is 12.1 Å². The molecule has 0 aliphatic heterocycles. The molecule has 8 heteroatoms. The lowest BCUT2D eigenvalue weighted by Crippen LogP contribution is -2.14. The smallest absolute Gasteiger partial charge is 0.263 e. The number of aromatic nitrogens is 1. The highest BCUT2D eigenvalue weighted by Gasteiger charge is 2.17. The summed E-state index contributed by atoms with van der Waals surface area (Å²) in [5, 5.41) is 2.92. The molecule has 2 aromatic rings. The first-order valence-corrected chi connectivity index (χ1v) is 7.58. The lowest BCUT2D eigenvalue weighted by Gasteiger charge is -2.09. The van der Waals surface area contributed by atoms with Crippen LogP contribution in [0.15, 0.2) is 41.4 Å². The van der Waals surface area contributed by atoms with Crippen molar-refractivity contribution < 1.29 is 17.2 Å². The molecule has 0 aliphatic rings. The van der Waals surface area contributed by atoms with Gasteiger partial charge in [-0.25, -0.2) is 22.2 Å². The number of pyridine rings is 1. The summed E-state index contributed by atoms with van der Waals surface area (Å²) in [6.07, 6.45) is 1.14. The molecule has 2 N–H and O–H groups in total. The molecule has 0 bridgehead atoms. The van der Waals surface area contributed by atoms with Crippen molar-refractivity contribution in [3.05, 3.63) is 48.2 Å². The summed E-state index contributed by atoms with van der Waals surface area (Å²) in [5.41, 5.74) is -0.453. The van der Waals surface area contributed by atoms with Crippen molar-refractivity contribution in [1.82, 2.24) is 4.98 Å². The van der Waals surface area contributed by atoms with Crippen LogP contribution in [0.3, 0.4) is 0 Å². The van der Waals surface area contributed by atoms with Crippen molar-refractivity contribution in [2.45, 2.75) is 11.8 Å². The zero-order chi connectivity index (χ0) is 15.5. The topological polar surface area (TPSA) is 71.1 Å². The summed E-state index contributed by atoms with van der Waals surface area (Å²) in [5.74, 6) is -1.08. The molecule has 1 aromatic heterocycles. The summed E-state index contributed by atoms with van der Waals surface area (Å²) in [4.78, 5) is 3.77. The Kier molecular flexibility index (Phi) is 4.37. The predicted octanol–water partition coefficient (Wildman–Crippen LogP) is 2.59. The van der Waals surface area contributed by atoms with Gasteiger partial charge in [0.25, 0.3) is 10.0 Å². The fraction of sp³-hybridized carbons (Fsp3) is 0.154. The highest BCUT2D eigenvalue weighted by atomic mass is 32.2. The van der Waals surface area contributed by atoms with Crippen molar-refractivity contribution in [3.63, 3.8) is 0 Å². The van der Waals surface area contributed by atoms with Crippen molar-refractivity contribution in [2.24, 2.45) is 0 Å². The number of hydrogen-bond acceptors (Lipinski definition) is 4. The third-order valence-electron chi connectivity index (χ3n) is 2.58. The number of anilines is 2. The van der Waals surface area contributed by atoms with E-state index in [9.17, 15) is 17.2 Å². The van der Waals surface area contributed by atoms with Gasteiger partial charge in [0.15, 0.2) is 0 Å². The van der Waals surface area contributed by atoms with Gasteiger partial charge in [-0.3, -0.25) is 4.72 Å². The molecule has 0 fully saturated rings. The van der Waals surface area contributed by atoms with Gasteiger partial charge in [0.1, 0.15) is 22.3 Å². The number of rotatable bonds is 5. The largest absolute Gasteiger partial charge is 0.370 e. The first-order valence-electron chi connectivity index (χ1n) is 6.10.